The summed E-state index contributed by atoms with van der Waals surface area (Å²) in [5.41, 5.74) is 10.5. The minimum Gasteiger partial charge on any atom is -0.366 e. The van der Waals surface area contributed by atoms with Crippen molar-refractivity contribution >= 4 is 17.6 Å². The van der Waals surface area contributed by atoms with Crippen LogP contribution >= 0.6 is 0 Å². The van der Waals surface area contributed by atoms with Gasteiger partial charge in [-0.25, -0.2) is 4.98 Å². The highest BCUT2D eigenvalue weighted by molar-refractivity contribution is 5.79. The average Bonchev–Trinajstić information content (AvgIpc) is 3.34. The topological polar surface area (TPSA) is 101 Å². The van der Waals surface area contributed by atoms with Crippen molar-refractivity contribution in [1.29, 1.82) is 0 Å². The summed E-state index contributed by atoms with van der Waals surface area (Å²) in [5, 5.41) is 7.15. The maximum Gasteiger partial charge on any atom is 0.254 e. The van der Waals surface area contributed by atoms with E-state index in [0.29, 0.717) is 12.3 Å². The zero-order chi connectivity index (χ0) is 20.4. The molecule has 4 rings (SSSR count). The Morgan fingerprint density at radius 2 is 1.79 bits per heavy atom. The van der Waals surface area contributed by atoms with Gasteiger partial charge in [-0.1, -0.05) is 24.3 Å². The van der Waals surface area contributed by atoms with Gasteiger partial charge in [-0.3, -0.25) is 9.69 Å². The van der Waals surface area contributed by atoms with Crippen molar-refractivity contribution in [2.24, 2.45) is 0 Å². The summed E-state index contributed by atoms with van der Waals surface area (Å²) in [6, 6.07) is 8.49. The zero-order valence-electron chi connectivity index (χ0n) is 17.0. The number of aromatic nitrogens is 4. The number of nitrogen functional groups attached to an aromatic ring is 1. The smallest absolute Gasteiger partial charge is 0.254 e. The quantitative estimate of drug-likeness (QED) is 0.662. The van der Waals surface area contributed by atoms with Gasteiger partial charge in [-0.05, 0) is 50.9 Å². The van der Waals surface area contributed by atoms with Gasteiger partial charge in [0.05, 0.1) is 6.42 Å². The Labute approximate surface area is 170 Å². The lowest BCUT2D eigenvalue weighted by atomic mass is 10.1. The molecule has 2 aromatic heterocycles. The molecule has 1 aliphatic rings. The molecular weight excluding hydrogens is 366 g/mol. The van der Waals surface area contributed by atoms with Crippen LogP contribution in [0.4, 0.5) is 5.95 Å². The summed E-state index contributed by atoms with van der Waals surface area (Å²) in [4.78, 5) is 23.5. The number of aryl methyl sites for hydroxylation is 2. The molecule has 1 aromatic carbocycles. The van der Waals surface area contributed by atoms with Crippen molar-refractivity contribution in [3.63, 3.8) is 0 Å². The number of nitrogens with two attached hydrogens (primary N) is 1. The third kappa shape index (κ3) is 4.37. The maximum absolute atomic E-state index is 12.5. The number of likely N-dealkylation sites (tertiary alicyclic amines) is 1. The Morgan fingerprint density at radius 1 is 1.10 bits per heavy atom. The Balaban J connectivity index is 1.36. The lowest BCUT2D eigenvalue weighted by Gasteiger charge is -2.15. The van der Waals surface area contributed by atoms with Crippen LogP contribution in [0.5, 0.6) is 0 Å². The van der Waals surface area contributed by atoms with Gasteiger partial charge in [0.2, 0.25) is 11.9 Å². The summed E-state index contributed by atoms with van der Waals surface area (Å²) in [6.07, 6.45) is 2.85. The predicted octanol–water partition coefficient (Wildman–Crippen LogP) is 1.78. The number of amides is 1. The molecule has 1 amide bonds. The van der Waals surface area contributed by atoms with Gasteiger partial charge in [-0.2, -0.15) is 9.50 Å². The Bertz CT molecular complexity index is 1020. The van der Waals surface area contributed by atoms with Gasteiger partial charge in [0, 0.05) is 30.0 Å². The minimum atomic E-state index is -0.0495. The van der Waals surface area contributed by atoms with E-state index in [0.717, 1.165) is 29.1 Å². The van der Waals surface area contributed by atoms with Crippen LogP contribution in [0.25, 0.3) is 5.78 Å². The zero-order valence-corrected chi connectivity index (χ0v) is 17.0. The average molecular weight is 393 g/mol. The van der Waals surface area contributed by atoms with Gasteiger partial charge in [0.25, 0.3) is 5.78 Å². The Morgan fingerprint density at radius 3 is 2.52 bits per heavy atom. The summed E-state index contributed by atoms with van der Waals surface area (Å²) < 4.78 is 1.59. The van der Waals surface area contributed by atoms with Crippen molar-refractivity contribution in [1.82, 2.24) is 29.8 Å². The molecule has 0 unspecified atom stereocenters. The molecule has 0 saturated carbocycles. The van der Waals surface area contributed by atoms with E-state index in [4.69, 9.17) is 5.73 Å². The van der Waals surface area contributed by atoms with Crippen LogP contribution in [0.2, 0.25) is 0 Å². The first-order valence-corrected chi connectivity index (χ1v) is 10.0. The summed E-state index contributed by atoms with van der Waals surface area (Å²) in [5.74, 6) is 0.581. The maximum atomic E-state index is 12.5. The highest BCUT2D eigenvalue weighted by Gasteiger charge is 2.15. The van der Waals surface area contributed by atoms with E-state index in [1.807, 2.05) is 13.8 Å². The SMILES string of the molecule is Cc1nc2nc(N)nn2c(C)c1CC(=O)NCc1ccc(CN2CCCC2)cc1. The van der Waals surface area contributed by atoms with Gasteiger partial charge < -0.3 is 11.1 Å². The van der Waals surface area contributed by atoms with Gasteiger partial charge in [0.15, 0.2) is 0 Å². The summed E-state index contributed by atoms with van der Waals surface area (Å²) >= 11 is 0. The summed E-state index contributed by atoms with van der Waals surface area (Å²) in [7, 11) is 0. The first-order valence-electron chi connectivity index (χ1n) is 10.0. The van der Waals surface area contributed by atoms with E-state index in [2.05, 4.69) is 49.5 Å². The van der Waals surface area contributed by atoms with Gasteiger partial charge in [0.1, 0.15) is 0 Å². The van der Waals surface area contributed by atoms with E-state index >= 15 is 0 Å². The minimum absolute atomic E-state index is 0.0495. The molecule has 1 aliphatic heterocycles. The fourth-order valence-electron chi connectivity index (χ4n) is 3.86. The normalized spacial score (nSPS) is 14.6. The number of hydrogen-bond acceptors (Lipinski definition) is 6. The predicted molar refractivity (Wildman–Crippen MR) is 111 cm³/mol. The van der Waals surface area contributed by atoms with E-state index in [1.54, 1.807) is 4.52 Å². The van der Waals surface area contributed by atoms with Gasteiger partial charge >= 0.3 is 0 Å². The van der Waals surface area contributed by atoms with E-state index in [9.17, 15) is 4.79 Å². The Hall–Kier alpha value is -3.00. The number of hydrogen-bond donors (Lipinski definition) is 2. The van der Waals surface area contributed by atoms with Crippen molar-refractivity contribution in [2.45, 2.75) is 46.2 Å². The number of fused-ring (bicyclic) bond motifs is 1. The number of benzene rings is 1. The molecule has 152 valence electrons. The van der Waals surface area contributed by atoms with E-state index in [-0.39, 0.29) is 18.3 Å². The molecule has 3 aromatic rings. The van der Waals surface area contributed by atoms with E-state index < -0.39 is 0 Å². The van der Waals surface area contributed by atoms with E-state index in [1.165, 1.54) is 31.5 Å². The van der Waals surface area contributed by atoms with Crippen molar-refractivity contribution in [3.05, 3.63) is 52.3 Å². The number of anilines is 1. The second kappa shape index (κ2) is 8.16. The molecule has 3 heterocycles. The fourth-order valence-corrected chi connectivity index (χ4v) is 3.86. The number of carbonyl (C=O) groups is 1. The molecule has 0 radical (unpaired) electrons. The summed E-state index contributed by atoms with van der Waals surface area (Å²) in [6.45, 7) is 7.67. The number of carbonyl (C=O) groups excluding carboxylic acids is 1. The standard InChI is InChI=1S/C21H27N7O/c1-14-18(15(2)28-21(24-14)25-20(22)26-28)11-19(29)23-12-16-5-7-17(8-6-16)13-27-9-3-4-10-27/h5-8H,3-4,9-13H2,1-2H3,(H2,22,26)(H,23,29). The monoisotopic (exact) mass is 393 g/mol. The molecule has 1 fully saturated rings. The van der Waals surface area contributed by atoms with Crippen molar-refractivity contribution in [2.75, 3.05) is 18.8 Å². The third-order valence-electron chi connectivity index (χ3n) is 5.52. The molecule has 1 saturated heterocycles. The van der Waals surface area contributed by atoms with Crippen LogP contribution in [0.15, 0.2) is 24.3 Å². The molecule has 0 atom stereocenters. The second-order valence-electron chi connectivity index (χ2n) is 7.70. The highest BCUT2D eigenvalue weighted by Crippen LogP contribution is 2.16. The lowest BCUT2D eigenvalue weighted by molar-refractivity contribution is -0.120. The first kappa shape index (κ1) is 19.3. The first-order chi connectivity index (χ1) is 14.0. The number of nitrogens with zero attached hydrogens (tertiary/aromatic N) is 5. The van der Waals surface area contributed by atoms with Crippen LogP contribution < -0.4 is 11.1 Å². The lowest BCUT2D eigenvalue weighted by Crippen LogP contribution is -2.26. The molecule has 0 aliphatic carbocycles. The van der Waals surface area contributed by atoms with Crippen molar-refractivity contribution < 1.29 is 4.79 Å². The molecule has 0 spiro atoms. The highest BCUT2D eigenvalue weighted by atomic mass is 16.1. The fraction of sp³-hybridized carbons (Fsp3) is 0.429. The van der Waals surface area contributed by atoms with Crippen LogP contribution in [0.1, 0.15) is 40.9 Å². The largest absolute Gasteiger partial charge is 0.366 e. The molecule has 8 heteroatoms. The molecular formula is C21H27N7O. The molecule has 0 bridgehead atoms. The molecule has 3 N–H and O–H groups in total. The third-order valence-corrected chi connectivity index (χ3v) is 5.52. The van der Waals surface area contributed by atoms with Crippen LogP contribution in [0, 0.1) is 13.8 Å². The van der Waals surface area contributed by atoms with Crippen LogP contribution in [-0.2, 0) is 24.3 Å². The number of nitrogens with one attached hydrogen (secondary N) is 1. The van der Waals surface area contributed by atoms with Crippen molar-refractivity contribution in [3.8, 4) is 0 Å². The Kier molecular flexibility index (Phi) is 5.44. The second-order valence-corrected chi connectivity index (χ2v) is 7.70. The molecule has 29 heavy (non-hydrogen) atoms. The molecule has 8 nitrogen and oxygen atoms in total. The van der Waals surface area contributed by atoms with Crippen LogP contribution in [-0.4, -0.2) is 43.5 Å². The van der Waals surface area contributed by atoms with Crippen LogP contribution in [0.3, 0.4) is 0 Å². The number of rotatable bonds is 6. The van der Waals surface area contributed by atoms with Gasteiger partial charge in [-0.15, -0.1) is 5.10 Å².